The number of benzene rings is 1. The van der Waals surface area contributed by atoms with E-state index in [1.165, 1.54) is 16.7 Å². The van der Waals surface area contributed by atoms with E-state index in [4.69, 9.17) is 5.73 Å². The number of anilines is 2. The first-order chi connectivity index (χ1) is 16.3. The number of carbonyl (C=O) groups excluding carboxylic acids is 1. The molecule has 0 spiro atoms. The van der Waals surface area contributed by atoms with E-state index in [-0.39, 0.29) is 36.3 Å². The number of halogens is 1. The molecule has 3 aromatic rings. The molecule has 34 heavy (non-hydrogen) atoms. The summed E-state index contributed by atoms with van der Waals surface area (Å²) in [6.45, 7) is 3.95. The quantitative estimate of drug-likeness (QED) is 0.512. The smallest absolute Gasteiger partial charge is 0.294 e. The molecule has 0 unspecified atom stereocenters. The number of nitrogens with zero attached hydrogens (tertiary/aromatic N) is 4. The zero-order valence-corrected chi connectivity index (χ0v) is 18.9. The van der Waals surface area contributed by atoms with Crippen LogP contribution in [-0.2, 0) is 24.3 Å². The van der Waals surface area contributed by atoms with Crippen molar-refractivity contribution in [2.24, 2.45) is 0 Å². The van der Waals surface area contributed by atoms with Crippen LogP contribution in [0.3, 0.4) is 0 Å². The van der Waals surface area contributed by atoms with E-state index < -0.39 is 11.6 Å². The lowest BCUT2D eigenvalue weighted by Crippen LogP contribution is -2.37. The second kappa shape index (κ2) is 9.31. The number of aryl methyl sites for hydroxylation is 2. The van der Waals surface area contributed by atoms with Gasteiger partial charge in [0, 0.05) is 18.8 Å². The summed E-state index contributed by atoms with van der Waals surface area (Å²) in [4.78, 5) is 34.6. The van der Waals surface area contributed by atoms with Gasteiger partial charge in [-0.1, -0.05) is 12.1 Å². The van der Waals surface area contributed by atoms with Gasteiger partial charge in [-0.2, -0.15) is 5.26 Å². The molecule has 0 saturated heterocycles. The number of fused-ring (bicyclic) bond motifs is 1. The Hall–Kier alpha value is -4.26. The average molecular weight is 462 g/mol. The Bertz CT molecular complexity index is 1360. The van der Waals surface area contributed by atoms with Crippen molar-refractivity contribution in [1.29, 1.82) is 5.26 Å². The number of pyridine rings is 1. The van der Waals surface area contributed by atoms with Crippen molar-refractivity contribution in [3.8, 4) is 6.07 Å². The van der Waals surface area contributed by atoms with Crippen LogP contribution >= 0.6 is 0 Å². The maximum Gasteiger partial charge on any atom is 0.294 e. The zero-order chi connectivity index (χ0) is 24.4. The van der Waals surface area contributed by atoms with E-state index >= 15 is 0 Å². The second-order valence-electron chi connectivity index (χ2n) is 8.29. The number of rotatable bonds is 6. The van der Waals surface area contributed by atoms with Crippen LogP contribution in [0.2, 0.25) is 0 Å². The largest absolute Gasteiger partial charge is 0.384 e. The molecule has 3 heterocycles. The molecule has 2 aromatic heterocycles. The van der Waals surface area contributed by atoms with Crippen LogP contribution in [0.4, 0.5) is 16.0 Å². The van der Waals surface area contributed by atoms with Crippen LogP contribution in [0.1, 0.15) is 46.2 Å². The third-order valence-corrected chi connectivity index (χ3v) is 5.82. The van der Waals surface area contributed by atoms with Gasteiger partial charge in [0.1, 0.15) is 23.7 Å². The van der Waals surface area contributed by atoms with E-state index in [1.807, 2.05) is 6.07 Å². The van der Waals surface area contributed by atoms with E-state index in [0.29, 0.717) is 35.6 Å². The van der Waals surface area contributed by atoms with Crippen LogP contribution < -0.4 is 21.9 Å². The van der Waals surface area contributed by atoms with Crippen molar-refractivity contribution in [3.63, 3.8) is 0 Å². The summed E-state index contributed by atoms with van der Waals surface area (Å²) in [5.41, 5.74) is 8.60. The average Bonchev–Trinajstić information content (AvgIpc) is 3.23. The third kappa shape index (κ3) is 4.59. The van der Waals surface area contributed by atoms with E-state index in [9.17, 15) is 19.2 Å². The number of nitriles is 1. The van der Waals surface area contributed by atoms with Gasteiger partial charge in [-0.3, -0.25) is 14.2 Å². The van der Waals surface area contributed by atoms with Gasteiger partial charge in [-0.15, -0.1) is 0 Å². The summed E-state index contributed by atoms with van der Waals surface area (Å²) in [5.74, 6) is -0.371. The van der Waals surface area contributed by atoms with Crippen LogP contribution in [0, 0.1) is 31.0 Å². The number of nitrogens with two attached hydrogens (primary N) is 1. The van der Waals surface area contributed by atoms with Gasteiger partial charge in [-0.05, 0) is 61.6 Å². The van der Waals surface area contributed by atoms with Gasteiger partial charge in [-0.25, -0.2) is 14.4 Å². The molecular weight excluding hydrogens is 437 g/mol. The Morgan fingerprint density at radius 2 is 2.06 bits per heavy atom. The highest BCUT2D eigenvalue weighted by atomic mass is 19.1. The van der Waals surface area contributed by atoms with Gasteiger partial charge in [0.05, 0.1) is 5.69 Å². The molecule has 1 aromatic carbocycles. The molecule has 1 atom stereocenters. The number of hydrogen-bond donors (Lipinski definition) is 3. The first-order valence-corrected chi connectivity index (χ1v) is 10.8. The van der Waals surface area contributed by atoms with Crippen molar-refractivity contribution in [1.82, 2.24) is 19.9 Å². The minimum Gasteiger partial charge on any atom is -0.384 e. The number of nitrogen functional groups attached to an aromatic ring is 1. The molecule has 4 N–H and O–H groups in total. The number of amides is 1. The van der Waals surface area contributed by atoms with E-state index in [2.05, 4.69) is 20.6 Å². The van der Waals surface area contributed by atoms with Crippen molar-refractivity contribution in [3.05, 3.63) is 80.3 Å². The molecule has 0 radical (unpaired) electrons. The third-order valence-electron chi connectivity index (χ3n) is 5.82. The van der Waals surface area contributed by atoms with Gasteiger partial charge in [0.25, 0.3) is 5.56 Å². The monoisotopic (exact) mass is 461 g/mol. The zero-order valence-electron chi connectivity index (χ0n) is 18.9. The van der Waals surface area contributed by atoms with Crippen LogP contribution in [-0.4, -0.2) is 20.4 Å². The highest BCUT2D eigenvalue weighted by Gasteiger charge is 2.33. The molecule has 1 amide bonds. The highest BCUT2D eigenvalue weighted by molar-refractivity contribution is 5.81. The molecule has 4 rings (SSSR count). The fourth-order valence-corrected chi connectivity index (χ4v) is 4.20. The summed E-state index contributed by atoms with van der Waals surface area (Å²) >= 11 is 0. The summed E-state index contributed by atoms with van der Waals surface area (Å²) in [5, 5.41) is 15.3. The predicted octanol–water partition coefficient (Wildman–Crippen LogP) is 2.26. The van der Waals surface area contributed by atoms with Gasteiger partial charge in [0.2, 0.25) is 5.91 Å². The van der Waals surface area contributed by atoms with Crippen molar-refractivity contribution < 1.29 is 9.18 Å². The topological polar surface area (TPSA) is 139 Å². The molecule has 10 heteroatoms. The molecule has 0 bridgehead atoms. The molecule has 9 nitrogen and oxygen atoms in total. The van der Waals surface area contributed by atoms with Gasteiger partial charge in [0.15, 0.2) is 11.5 Å². The van der Waals surface area contributed by atoms with Crippen LogP contribution in [0.25, 0.3) is 0 Å². The summed E-state index contributed by atoms with van der Waals surface area (Å²) in [6, 6.07) is 9.26. The Kier molecular flexibility index (Phi) is 6.27. The molecule has 1 aliphatic rings. The lowest BCUT2D eigenvalue weighted by atomic mass is 10.1. The molecule has 0 fully saturated rings. The first-order valence-electron chi connectivity index (χ1n) is 10.8. The number of nitrogens with one attached hydrogen (secondary N) is 2. The predicted molar refractivity (Wildman–Crippen MR) is 124 cm³/mol. The van der Waals surface area contributed by atoms with Crippen LogP contribution in [0.15, 0.2) is 35.1 Å². The number of aromatic nitrogens is 3. The van der Waals surface area contributed by atoms with Crippen molar-refractivity contribution in [2.75, 3.05) is 11.1 Å². The molecule has 0 saturated carbocycles. The van der Waals surface area contributed by atoms with Crippen molar-refractivity contribution in [2.45, 2.75) is 45.8 Å². The van der Waals surface area contributed by atoms with E-state index in [1.54, 1.807) is 32.0 Å². The lowest BCUT2D eigenvalue weighted by molar-refractivity contribution is -0.124. The second-order valence-corrected chi connectivity index (χ2v) is 8.29. The highest BCUT2D eigenvalue weighted by Crippen LogP contribution is 2.27. The summed E-state index contributed by atoms with van der Waals surface area (Å²) < 4.78 is 15.0. The molecule has 1 aliphatic heterocycles. The van der Waals surface area contributed by atoms with E-state index in [0.717, 1.165) is 11.1 Å². The number of hydrogen-bond acceptors (Lipinski definition) is 7. The number of carbonyl (C=O) groups is 1. The maximum atomic E-state index is 13.7. The lowest BCUT2D eigenvalue weighted by Gasteiger charge is -2.17. The minimum absolute atomic E-state index is 0.0551. The SMILES string of the molecule is Cc1cc(F)cc(CNc2nc(C#N)c3n(c2=O)[C@H](C(=O)NCc2ccc(N)nc2C)CC3)c1. The Labute approximate surface area is 195 Å². The van der Waals surface area contributed by atoms with Crippen LogP contribution in [0.5, 0.6) is 0 Å². The van der Waals surface area contributed by atoms with Gasteiger partial charge >= 0.3 is 0 Å². The maximum absolute atomic E-state index is 13.7. The molecule has 0 aliphatic carbocycles. The van der Waals surface area contributed by atoms with Crippen molar-refractivity contribution >= 4 is 17.5 Å². The summed E-state index contributed by atoms with van der Waals surface area (Å²) in [7, 11) is 0. The molecule has 174 valence electrons. The summed E-state index contributed by atoms with van der Waals surface area (Å²) in [6.07, 6.45) is 0.762. The molecular formula is C24H24FN7O2. The first kappa shape index (κ1) is 22.9. The minimum atomic E-state index is -0.767. The standard InChI is InChI=1S/C24H24FN7O2/c1-13-7-15(9-17(25)8-13)11-28-22-24(34)32-19(18(10-26)31-22)4-5-20(32)23(33)29-12-16-3-6-21(27)30-14(16)2/h3,6-9,20H,4-5,11-12H2,1-2H3,(H2,27,30)(H,28,31)(H,29,33)/t20-/m0/s1. The Morgan fingerprint density at radius 1 is 1.26 bits per heavy atom. The van der Waals surface area contributed by atoms with Gasteiger partial charge < -0.3 is 16.4 Å². The fourth-order valence-electron chi connectivity index (χ4n) is 4.20. The fraction of sp³-hybridized carbons (Fsp3) is 0.292. The normalized spacial score (nSPS) is 14.4. The Morgan fingerprint density at radius 3 is 2.76 bits per heavy atom. The Balaban J connectivity index is 1.57.